The highest BCUT2D eigenvalue weighted by Gasteiger charge is 2.66. The summed E-state index contributed by atoms with van der Waals surface area (Å²) in [5, 5.41) is 9.93. The maximum atomic E-state index is 14.8. The van der Waals surface area contributed by atoms with E-state index in [1.807, 2.05) is 6.08 Å². The van der Waals surface area contributed by atoms with Crippen molar-refractivity contribution in [3.63, 3.8) is 0 Å². The first-order chi connectivity index (χ1) is 12.6. The number of alkyl halides is 2. The lowest BCUT2D eigenvalue weighted by Crippen LogP contribution is -2.57. The Morgan fingerprint density at radius 3 is 2.37 bits per heavy atom. The molecule has 7 atom stereocenters. The highest BCUT2D eigenvalue weighted by atomic mass is 19.3. The summed E-state index contributed by atoms with van der Waals surface area (Å²) in [6.45, 7) is 6.81. The number of aliphatic hydroxyl groups excluding tert-OH is 1. The molecule has 0 heterocycles. The Morgan fingerprint density at radius 1 is 0.963 bits per heavy atom. The van der Waals surface area contributed by atoms with Crippen LogP contribution in [-0.2, 0) is 4.74 Å². The first-order valence-electron chi connectivity index (χ1n) is 11.1. The number of ether oxygens (including phenoxy) is 1. The standard InChI is InChI=1S/C23H34F2O2/c1-20-11-10-19(26)23(24,25)18(20)7-6-15-16(20)8-12-21(2)17(15)9-13-22(21,3)27-14-4-5-14/h7,14-17,19,26H,4-6,8-13H2,1-3H3/t15-,16-,17+,19?,20-,21+,22?/m1/s1. The molecule has 0 saturated heterocycles. The van der Waals surface area contributed by atoms with Crippen LogP contribution in [0.15, 0.2) is 11.6 Å². The Balaban J connectivity index is 1.48. The Labute approximate surface area is 161 Å². The maximum Gasteiger partial charge on any atom is 0.295 e. The van der Waals surface area contributed by atoms with E-state index in [0.29, 0.717) is 30.3 Å². The summed E-state index contributed by atoms with van der Waals surface area (Å²) in [4.78, 5) is 0. The van der Waals surface area contributed by atoms with Crippen LogP contribution in [0.2, 0.25) is 0 Å². The van der Waals surface area contributed by atoms with Gasteiger partial charge in [0.25, 0.3) is 5.92 Å². The third-order valence-electron chi connectivity index (χ3n) is 9.66. The minimum Gasteiger partial charge on any atom is -0.386 e. The zero-order valence-electron chi connectivity index (χ0n) is 16.9. The van der Waals surface area contributed by atoms with Gasteiger partial charge in [-0.25, -0.2) is 0 Å². The molecule has 2 nitrogen and oxygen atoms in total. The summed E-state index contributed by atoms with van der Waals surface area (Å²) in [6, 6.07) is 0. The molecule has 0 spiro atoms. The van der Waals surface area contributed by atoms with Crippen molar-refractivity contribution < 1.29 is 18.6 Å². The maximum absolute atomic E-state index is 14.8. The smallest absolute Gasteiger partial charge is 0.295 e. The van der Waals surface area contributed by atoms with E-state index >= 15 is 0 Å². The number of fused-ring (bicyclic) bond motifs is 5. The lowest BCUT2D eigenvalue weighted by molar-refractivity contribution is -0.168. The van der Waals surface area contributed by atoms with Crippen LogP contribution in [0.4, 0.5) is 8.78 Å². The molecule has 5 aliphatic carbocycles. The highest BCUT2D eigenvalue weighted by molar-refractivity contribution is 5.32. The fourth-order valence-electron chi connectivity index (χ4n) is 7.70. The van der Waals surface area contributed by atoms with E-state index in [9.17, 15) is 13.9 Å². The molecule has 5 aliphatic rings. The van der Waals surface area contributed by atoms with Gasteiger partial charge >= 0.3 is 0 Å². The van der Waals surface area contributed by atoms with Gasteiger partial charge in [0.15, 0.2) is 0 Å². The summed E-state index contributed by atoms with van der Waals surface area (Å²) < 4.78 is 36.2. The van der Waals surface area contributed by atoms with Gasteiger partial charge in [0.05, 0.1) is 11.7 Å². The monoisotopic (exact) mass is 380 g/mol. The Kier molecular flexibility index (Phi) is 3.82. The topological polar surface area (TPSA) is 29.5 Å². The molecule has 1 N–H and O–H groups in total. The lowest BCUT2D eigenvalue weighted by atomic mass is 9.46. The van der Waals surface area contributed by atoms with Crippen LogP contribution in [-0.4, -0.2) is 28.8 Å². The largest absolute Gasteiger partial charge is 0.386 e. The van der Waals surface area contributed by atoms with Gasteiger partial charge in [-0.1, -0.05) is 19.9 Å². The van der Waals surface area contributed by atoms with Crippen molar-refractivity contribution >= 4 is 0 Å². The van der Waals surface area contributed by atoms with Crippen molar-refractivity contribution in [2.24, 2.45) is 28.6 Å². The van der Waals surface area contributed by atoms with Crippen LogP contribution in [0.5, 0.6) is 0 Å². The van der Waals surface area contributed by atoms with Crippen LogP contribution < -0.4 is 0 Å². The fraction of sp³-hybridized carbons (Fsp3) is 0.913. The molecule has 0 aromatic heterocycles. The number of allylic oxidation sites excluding steroid dienone is 1. The summed E-state index contributed by atoms with van der Waals surface area (Å²) in [7, 11) is 0. The molecule has 0 amide bonds. The van der Waals surface area contributed by atoms with Crippen LogP contribution >= 0.6 is 0 Å². The van der Waals surface area contributed by atoms with Crippen LogP contribution in [0.3, 0.4) is 0 Å². The van der Waals surface area contributed by atoms with Crippen molar-refractivity contribution in [3.8, 4) is 0 Å². The van der Waals surface area contributed by atoms with Crippen molar-refractivity contribution in [2.45, 2.75) is 102 Å². The van der Waals surface area contributed by atoms with E-state index in [1.54, 1.807) is 0 Å². The molecule has 4 heteroatoms. The average Bonchev–Trinajstić information content (AvgIpc) is 3.36. The third kappa shape index (κ3) is 2.35. The fourth-order valence-corrected chi connectivity index (χ4v) is 7.70. The van der Waals surface area contributed by atoms with E-state index in [-0.39, 0.29) is 23.0 Å². The second kappa shape index (κ2) is 5.56. The second-order valence-electron chi connectivity index (χ2n) is 10.9. The number of aliphatic hydroxyl groups is 1. The lowest BCUT2D eigenvalue weighted by Gasteiger charge is -2.60. The number of hydrogen-bond acceptors (Lipinski definition) is 2. The van der Waals surface area contributed by atoms with Gasteiger partial charge in [0.1, 0.15) is 6.10 Å². The average molecular weight is 381 g/mol. The van der Waals surface area contributed by atoms with Gasteiger partial charge in [0, 0.05) is 5.57 Å². The minimum absolute atomic E-state index is 0.0542. The molecule has 2 unspecified atom stereocenters. The minimum atomic E-state index is -3.06. The second-order valence-corrected chi connectivity index (χ2v) is 10.9. The van der Waals surface area contributed by atoms with Crippen molar-refractivity contribution in [1.82, 2.24) is 0 Å². The molecular weight excluding hydrogens is 346 g/mol. The molecule has 4 saturated carbocycles. The first-order valence-corrected chi connectivity index (χ1v) is 11.1. The predicted octanol–water partition coefficient (Wildman–Crippen LogP) is 5.49. The Bertz CT molecular complexity index is 671. The van der Waals surface area contributed by atoms with E-state index in [2.05, 4.69) is 20.8 Å². The van der Waals surface area contributed by atoms with Gasteiger partial charge in [-0.05, 0) is 93.3 Å². The zero-order valence-corrected chi connectivity index (χ0v) is 16.9. The molecular formula is C23H34F2O2. The van der Waals surface area contributed by atoms with E-state index in [0.717, 1.165) is 25.7 Å². The van der Waals surface area contributed by atoms with Crippen molar-refractivity contribution in [2.75, 3.05) is 0 Å². The summed E-state index contributed by atoms with van der Waals surface area (Å²) >= 11 is 0. The highest BCUT2D eigenvalue weighted by Crippen LogP contribution is 2.69. The summed E-state index contributed by atoms with van der Waals surface area (Å²) in [5.41, 5.74) is -0.103. The van der Waals surface area contributed by atoms with Crippen LogP contribution in [0.25, 0.3) is 0 Å². The van der Waals surface area contributed by atoms with E-state index < -0.39 is 17.4 Å². The molecule has 4 fully saturated rings. The molecule has 0 aromatic rings. The summed E-state index contributed by atoms with van der Waals surface area (Å²) in [5.74, 6) is -1.70. The molecule has 5 rings (SSSR count). The van der Waals surface area contributed by atoms with Gasteiger partial charge in [-0.15, -0.1) is 0 Å². The number of hydrogen-bond donors (Lipinski definition) is 1. The Morgan fingerprint density at radius 2 is 1.67 bits per heavy atom. The predicted molar refractivity (Wildman–Crippen MR) is 101 cm³/mol. The normalized spacial score (nSPS) is 53.9. The molecule has 0 aromatic carbocycles. The molecule has 27 heavy (non-hydrogen) atoms. The molecule has 0 aliphatic heterocycles. The van der Waals surface area contributed by atoms with E-state index in [1.165, 1.54) is 19.3 Å². The van der Waals surface area contributed by atoms with Gasteiger partial charge in [-0.3, -0.25) is 0 Å². The number of halogens is 2. The Hall–Kier alpha value is -0.480. The molecule has 0 radical (unpaired) electrons. The summed E-state index contributed by atoms with van der Waals surface area (Å²) in [6.07, 6.45) is 9.19. The quantitative estimate of drug-likeness (QED) is 0.642. The SMILES string of the molecule is CC1(OC2CC2)CC[C@H]2[C@@H]3CC=C4C(F)(F)C(O)CC[C@]4(C)[C@@H]3CC[C@@]21C. The van der Waals surface area contributed by atoms with E-state index in [4.69, 9.17) is 4.74 Å². The first kappa shape index (κ1) is 18.5. The van der Waals surface area contributed by atoms with Crippen LogP contribution in [0, 0.1) is 28.6 Å². The van der Waals surface area contributed by atoms with Gasteiger partial charge < -0.3 is 9.84 Å². The zero-order chi connectivity index (χ0) is 19.2. The third-order valence-corrected chi connectivity index (χ3v) is 9.66. The van der Waals surface area contributed by atoms with Gasteiger partial charge in [-0.2, -0.15) is 8.78 Å². The number of rotatable bonds is 2. The van der Waals surface area contributed by atoms with Crippen molar-refractivity contribution in [3.05, 3.63) is 11.6 Å². The van der Waals surface area contributed by atoms with Gasteiger partial charge in [0.2, 0.25) is 0 Å². The van der Waals surface area contributed by atoms with Crippen LogP contribution in [0.1, 0.15) is 78.6 Å². The molecule has 152 valence electrons. The van der Waals surface area contributed by atoms with Crippen molar-refractivity contribution in [1.29, 1.82) is 0 Å². The molecule has 0 bridgehead atoms.